The standard InChI is InChI=1S/C9H9ClO5S/c1-13-8-6(4-16(10,11)12)2-3-7-9(8)15-5-14-7/h2-3H,4-5H2,1H3. The first-order chi connectivity index (χ1) is 7.51. The van der Waals surface area contributed by atoms with Gasteiger partial charge < -0.3 is 14.2 Å². The minimum atomic E-state index is -3.63. The summed E-state index contributed by atoms with van der Waals surface area (Å²) in [7, 11) is 2.99. The van der Waals surface area contributed by atoms with Crippen molar-refractivity contribution in [1.29, 1.82) is 0 Å². The second kappa shape index (κ2) is 4.03. The summed E-state index contributed by atoms with van der Waals surface area (Å²) in [5, 5.41) is 0. The number of halogens is 1. The Bertz CT molecular complexity index is 511. The van der Waals surface area contributed by atoms with E-state index in [9.17, 15) is 8.42 Å². The minimum absolute atomic E-state index is 0.1000. The van der Waals surface area contributed by atoms with Crippen LogP contribution < -0.4 is 14.2 Å². The lowest BCUT2D eigenvalue weighted by molar-refractivity contribution is 0.171. The second-order valence-electron chi connectivity index (χ2n) is 3.17. The summed E-state index contributed by atoms with van der Waals surface area (Å²) in [5.74, 6) is 0.987. The fourth-order valence-electron chi connectivity index (χ4n) is 1.51. The lowest BCUT2D eigenvalue weighted by Crippen LogP contribution is -1.99. The van der Waals surface area contributed by atoms with Gasteiger partial charge in [-0.3, -0.25) is 0 Å². The third-order valence-corrected chi connectivity index (χ3v) is 3.09. The maximum Gasteiger partial charge on any atom is 0.236 e. The van der Waals surface area contributed by atoms with Crippen molar-refractivity contribution >= 4 is 19.7 Å². The topological polar surface area (TPSA) is 61.8 Å². The highest BCUT2D eigenvalue weighted by Crippen LogP contribution is 2.43. The number of methoxy groups -OCH3 is 1. The van der Waals surface area contributed by atoms with E-state index in [1.54, 1.807) is 12.1 Å². The first-order valence-corrected chi connectivity index (χ1v) is 6.87. The van der Waals surface area contributed by atoms with Gasteiger partial charge in [0, 0.05) is 16.2 Å². The number of fused-ring (bicyclic) bond motifs is 1. The first-order valence-electron chi connectivity index (χ1n) is 4.39. The Morgan fingerprint density at radius 1 is 1.44 bits per heavy atom. The molecule has 0 unspecified atom stereocenters. The van der Waals surface area contributed by atoms with Gasteiger partial charge >= 0.3 is 0 Å². The van der Waals surface area contributed by atoms with Gasteiger partial charge in [0.1, 0.15) is 0 Å². The quantitative estimate of drug-likeness (QED) is 0.774. The van der Waals surface area contributed by atoms with Crippen molar-refractivity contribution in [2.45, 2.75) is 5.75 Å². The summed E-state index contributed by atoms with van der Waals surface area (Å²) in [4.78, 5) is 0. The van der Waals surface area contributed by atoms with Crippen LogP contribution in [0.2, 0.25) is 0 Å². The van der Waals surface area contributed by atoms with Crippen LogP contribution in [0.5, 0.6) is 17.2 Å². The van der Waals surface area contributed by atoms with Crippen LogP contribution in [-0.2, 0) is 14.8 Å². The molecule has 1 aliphatic rings. The number of benzene rings is 1. The molecule has 88 valence electrons. The average molecular weight is 265 g/mol. The molecule has 1 heterocycles. The molecule has 0 fully saturated rings. The van der Waals surface area contributed by atoms with E-state index >= 15 is 0 Å². The van der Waals surface area contributed by atoms with Gasteiger partial charge in [0.05, 0.1) is 12.9 Å². The van der Waals surface area contributed by atoms with Crippen LogP contribution in [-0.4, -0.2) is 22.3 Å². The van der Waals surface area contributed by atoms with Gasteiger partial charge in [-0.2, -0.15) is 0 Å². The van der Waals surface area contributed by atoms with Crippen molar-refractivity contribution in [3.05, 3.63) is 17.7 Å². The molecule has 0 bridgehead atoms. The Labute approximate surface area is 97.3 Å². The second-order valence-corrected chi connectivity index (χ2v) is 5.95. The first kappa shape index (κ1) is 11.3. The van der Waals surface area contributed by atoms with E-state index in [0.29, 0.717) is 22.8 Å². The van der Waals surface area contributed by atoms with Gasteiger partial charge in [-0.1, -0.05) is 6.07 Å². The van der Waals surface area contributed by atoms with E-state index in [0.717, 1.165) is 0 Å². The van der Waals surface area contributed by atoms with Gasteiger partial charge in [0.2, 0.25) is 21.6 Å². The fourth-order valence-corrected chi connectivity index (χ4v) is 2.46. The van der Waals surface area contributed by atoms with Gasteiger partial charge in [0.25, 0.3) is 0 Å². The number of hydrogen-bond donors (Lipinski definition) is 0. The zero-order valence-electron chi connectivity index (χ0n) is 8.40. The van der Waals surface area contributed by atoms with Crippen LogP contribution in [0.15, 0.2) is 12.1 Å². The Morgan fingerprint density at radius 2 is 2.19 bits per heavy atom. The molecule has 1 aliphatic heterocycles. The predicted molar refractivity (Wildman–Crippen MR) is 57.6 cm³/mol. The van der Waals surface area contributed by atoms with Gasteiger partial charge in [0.15, 0.2) is 11.5 Å². The van der Waals surface area contributed by atoms with Crippen molar-refractivity contribution < 1.29 is 22.6 Å². The highest BCUT2D eigenvalue weighted by Gasteiger charge is 2.23. The Balaban J connectivity index is 2.47. The van der Waals surface area contributed by atoms with Crippen LogP contribution in [0, 0.1) is 0 Å². The van der Waals surface area contributed by atoms with Crippen LogP contribution >= 0.6 is 10.7 Å². The Hall–Kier alpha value is -1.14. The molecule has 0 atom stereocenters. The summed E-state index contributed by atoms with van der Waals surface area (Å²) in [5.41, 5.74) is 0.446. The van der Waals surface area contributed by atoms with Gasteiger partial charge in [-0.25, -0.2) is 8.42 Å². The van der Waals surface area contributed by atoms with Crippen molar-refractivity contribution in [2.24, 2.45) is 0 Å². The third kappa shape index (κ3) is 2.17. The molecule has 0 saturated heterocycles. The molecule has 0 N–H and O–H groups in total. The van der Waals surface area contributed by atoms with Crippen LogP contribution in [0.3, 0.4) is 0 Å². The average Bonchev–Trinajstić information content (AvgIpc) is 2.62. The summed E-state index contributed by atoms with van der Waals surface area (Å²) in [6.07, 6.45) is 0. The third-order valence-electron chi connectivity index (χ3n) is 2.11. The zero-order chi connectivity index (χ0) is 11.8. The maximum absolute atomic E-state index is 11.0. The Kier molecular flexibility index (Phi) is 2.86. The lowest BCUT2D eigenvalue weighted by Gasteiger charge is -2.09. The normalized spacial score (nSPS) is 13.9. The SMILES string of the molecule is COc1c(CS(=O)(=O)Cl)ccc2c1OCO2. The molecule has 1 aromatic carbocycles. The molecule has 0 spiro atoms. The van der Waals surface area contributed by atoms with Crippen molar-refractivity contribution in [2.75, 3.05) is 13.9 Å². The molecule has 7 heteroatoms. The van der Waals surface area contributed by atoms with E-state index in [1.807, 2.05) is 0 Å². The zero-order valence-corrected chi connectivity index (χ0v) is 9.97. The van der Waals surface area contributed by atoms with E-state index in [-0.39, 0.29) is 12.5 Å². The summed E-state index contributed by atoms with van der Waals surface area (Å²) in [6, 6.07) is 3.22. The highest BCUT2D eigenvalue weighted by molar-refractivity contribution is 8.13. The molecule has 0 radical (unpaired) electrons. The summed E-state index contributed by atoms with van der Waals surface area (Å²) >= 11 is 0. The molecular formula is C9H9ClO5S. The summed E-state index contributed by atoms with van der Waals surface area (Å²) in [6.45, 7) is 0.1000. The molecule has 16 heavy (non-hydrogen) atoms. The lowest BCUT2D eigenvalue weighted by atomic mass is 10.2. The Morgan fingerprint density at radius 3 is 2.81 bits per heavy atom. The monoisotopic (exact) mass is 264 g/mol. The minimum Gasteiger partial charge on any atom is -0.492 e. The van der Waals surface area contributed by atoms with E-state index in [2.05, 4.69) is 0 Å². The highest BCUT2D eigenvalue weighted by atomic mass is 35.7. The predicted octanol–water partition coefficient (Wildman–Crippen LogP) is 1.49. The van der Waals surface area contributed by atoms with Crippen LogP contribution in [0.1, 0.15) is 5.56 Å². The van der Waals surface area contributed by atoms with E-state index in [1.165, 1.54) is 7.11 Å². The molecule has 5 nitrogen and oxygen atoms in total. The van der Waals surface area contributed by atoms with E-state index < -0.39 is 9.05 Å². The molecule has 0 saturated carbocycles. The molecular weight excluding hydrogens is 256 g/mol. The van der Waals surface area contributed by atoms with Crippen molar-refractivity contribution in [3.63, 3.8) is 0 Å². The summed E-state index contributed by atoms with van der Waals surface area (Å²) < 4.78 is 37.5. The molecule has 2 rings (SSSR count). The van der Waals surface area contributed by atoms with E-state index in [4.69, 9.17) is 24.9 Å². The smallest absolute Gasteiger partial charge is 0.236 e. The molecule has 0 amide bonds. The number of hydrogen-bond acceptors (Lipinski definition) is 5. The van der Waals surface area contributed by atoms with Gasteiger partial charge in [-0.15, -0.1) is 0 Å². The van der Waals surface area contributed by atoms with Gasteiger partial charge in [-0.05, 0) is 6.07 Å². The molecule has 0 aromatic heterocycles. The largest absolute Gasteiger partial charge is 0.492 e. The van der Waals surface area contributed by atoms with Crippen molar-refractivity contribution in [1.82, 2.24) is 0 Å². The van der Waals surface area contributed by atoms with Crippen LogP contribution in [0.25, 0.3) is 0 Å². The maximum atomic E-state index is 11.0. The fraction of sp³-hybridized carbons (Fsp3) is 0.333. The number of ether oxygens (including phenoxy) is 3. The number of rotatable bonds is 3. The molecule has 0 aliphatic carbocycles. The van der Waals surface area contributed by atoms with Crippen molar-refractivity contribution in [3.8, 4) is 17.2 Å². The molecule has 1 aromatic rings. The van der Waals surface area contributed by atoms with Crippen LogP contribution in [0.4, 0.5) is 0 Å².